The molecular formula is C13H19N3O. The van der Waals surface area contributed by atoms with E-state index in [1.165, 1.54) is 5.69 Å². The van der Waals surface area contributed by atoms with Gasteiger partial charge in [-0.15, -0.1) is 0 Å². The highest BCUT2D eigenvalue weighted by Gasteiger charge is 2.22. The van der Waals surface area contributed by atoms with E-state index in [2.05, 4.69) is 9.88 Å². The number of rotatable bonds is 2. The molecule has 1 amide bonds. The Balaban J connectivity index is 1.93. The van der Waals surface area contributed by atoms with Crippen LogP contribution >= 0.6 is 0 Å². The summed E-state index contributed by atoms with van der Waals surface area (Å²) < 4.78 is 0. The Bertz CT molecular complexity index is 370. The normalized spacial score (nSPS) is 16.4. The lowest BCUT2D eigenvalue weighted by atomic mass is 10.1. The first-order chi connectivity index (χ1) is 8.18. The molecule has 2 heterocycles. The molecule has 1 aromatic rings. The molecule has 17 heavy (non-hydrogen) atoms. The molecule has 1 aromatic heterocycles. The molecule has 0 aliphatic carbocycles. The van der Waals surface area contributed by atoms with E-state index >= 15 is 0 Å². The molecule has 0 unspecified atom stereocenters. The predicted octanol–water partition coefficient (Wildman–Crippen LogP) is 1.39. The third-order valence-electron chi connectivity index (χ3n) is 3.11. The van der Waals surface area contributed by atoms with Gasteiger partial charge < -0.3 is 9.80 Å². The third kappa shape index (κ3) is 2.75. The number of hydrogen-bond donors (Lipinski definition) is 0. The van der Waals surface area contributed by atoms with E-state index in [4.69, 9.17) is 0 Å². The molecule has 0 radical (unpaired) electrons. The van der Waals surface area contributed by atoms with E-state index in [0.29, 0.717) is 0 Å². The Morgan fingerprint density at radius 2 is 1.76 bits per heavy atom. The van der Waals surface area contributed by atoms with Crippen LogP contribution in [0.1, 0.15) is 13.8 Å². The highest BCUT2D eigenvalue weighted by Crippen LogP contribution is 2.15. The molecule has 1 saturated heterocycles. The maximum Gasteiger partial charge on any atom is 0.225 e. The average Bonchev–Trinajstić information content (AvgIpc) is 2.39. The molecular weight excluding hydrogens is 214 g/mol. The zero-order valence-electron chi connectivity index (χ0n) is 10.5. The second kappa shape index (κ2) is 5.17. The molecule has 2 rings (SSSR count). The number of amides is 1. The van der Waals surface area contributed by atoms with Gasteiger partial charge >= 0.3 is 0 Å². The van der Waals surface area contributed by atoms with Crippen molar-refractivity contribution >= 4 is 11.6 Å². The summed E-state index contributed by atoms with van der Waals surface area (Å²) >= 11 is 0. The van der Waals surface area contributed by atoms with Crippen molar-refractivity contribution in [3.05, 3.63) is 24.5 Å². The molecule has 4 nitrogen and oxygen atoms in total. The summed E-state index contributed by atoms with van der Waals surface area (Å²) in [6.07, 6.45) is 3.61. The lowest BCUT2D eigenvalue weighted by Crippen LogP contribution is -2.49. The van der Waals surface area contributed by atoms with Crippen LogP contribution in [0.15, 0.2) is 24.5 Å². The maximum absolute atomic E-state index is 11.8. The monoisotopic (exact) mass is 233 g/mol. The van der Waals surface area contributed by atoms with Crippen LogP contribution in [0.25, 0.3) is 0 Å². The van der Waals surface area contributed by atoms with Crippen molar-refractivity contribution in [3.63, 3.8) is 0 Å². The van der Waals surface area contributed by atoms with Gasteiger partial charge in [-0.2, -0.15) is 0 Å². The van der Waals surface area contributed by atoms with Crippen LogP contribution in [-0.4, -0.2) is 42.0 Å². The molecule has 1 aliphatic heterocycles. The summed E-state index contributed by atoms with van der Waals surface area (Å²) in [7, 11) is 0. The van der Waals surface area contributed by atoms with Crippen molar-refractivity contribution < 1.29 is 4.79 Å². The van der Waals surface area contributed by atoms with Crippen molar-refractivity contribution in [2.24, 2.45) is 5.92 Å². The molecule has 0 aromatic carbocycles. The quantitative estimate of drug-likeness (QED) is 0.774. The number of anilines is 1. The first-order valence-corrected chi connectivity index (χ1v) is 6.12. The smallest absolute Gasteiger partial charge is 0.225 e. The van der Waals surface area contributed by atoms with Crippen LogP contribution in [0.4, 0.5) is 5.69 Å². The van der Waals surface area contributed by atoms with Crippen LogP contribution in [0, 0.1) is 5.92 Å². The number of carbonyl (C=O) groups is 1. The summed E-state index contributed by atoms with van der Waals surface area (Å²) in [5.74, 6) is 0.363. The van der Waals surface area contributed by atoms with Gasteiger partial charge in [0.15, 0.2) is 0 Å². The van der Waals surface area contributed by atoms with Crippen molar-refractivity contribution in [1.29, 1.82) is 0 Å². The van der Waals surface area contributed by atoms with Gasteiger partial charge in [0.25, 0.3) is 0 Å². The van der Waals surface area contributed by atoms with Crippen molar-refractivity contribution in [2.45, 2.75) is 13.8 Å². The van der Waals surface area contributed by atoms with Gasteiger partial charge in [-0.3, -0.25) is 9.78 Å². The van der Waals surface area contributed by atoms with Gasteiger partial charge in [0.05, 0.1) is 0 Å². The van der Waals surface area contributed by atoms with Gasteiger partial charge in [-0.25, -0.2) is 0 Å². The molecule has 0 spiro atoms. The molecule has 1 fully saturated rings. The Morgan fingerprint density at radius 1 is 1.18 bits per heavy atom. The Kier molecular flexibility index (Phi) is 3.61. The van der Waals surface area contributed by atoms with Crippen molar-refractivity contribution in [2.75, 3.05) is 31.1 Å². The number of nitrogens with zero attached hydrogens (tertiary/aromatic N) is 3. The zero-order valence-corrected chi connectivity index (χ0v) is 10.5. The lowest BCUT2D eigenvalue weighted by molar-refractivity contribution is -0.134. The van der Waals surface area contributed by atoms with E-state index in [-0.39, 0.29) is 11.8 Å². The summed E-state index contributed by atoms with van der Waals surface area (Å²) in [5, 5.41) is 0. The molecule has 1 aliphatic rings. The minimum absolute atomic E-state index is 0.0995. The second-order valence-electron chi connectivity index (χ2n) is 4.67. The molecule has 4 heteroatoms. The lowest BCUT2D eigenvalue weighted by Gasteiger charge is -2.36. The highest BCUT2D eigenvalue weighted by atomic mass is 16.2. The number of carbonyl (C=O) groups excluding carboxylic acids is 1. The average molecular weight is 233 g/mol. The predicted molar refractivity (Wildman–Crippen MR) is 67.9 cm³/mol. The number of piperazine rings is 1. The fourth-order valence-corrected chi connectivity index (χ4v) is 2.11. The van der Waals surface area contributed by atoms with E-state index in [0.717, 1.165) is 26.2 Å². The molecule has 0 atom stereocenters. The Hall–Kier alpha value is -1.58. The van der Waals surface area contributed by atoms with Gasteiger partial charge in [-0.05, 0) is 12.1 Å². The van der Waals surface area contributed by atoms with Crippen molar-refractivity contribution in [1.82, 2.24) is 9.88 Å². The fraction of sp³-hybridized carbons (Fsp3) is 0.538. The highest BCUT2D eigenvalue weighted by molar-refractivity contribution is 5.78. The van der Waals surface area contributed by atoms with E-state index in [9.17, 15) is 4.79 Å². The van der Waals surface area contributed by atoms with Gasteiger partial charge in [-0.1, -0.05) is 13.8 Å². The van der Waals surface area contributed by atoms with Gasteiger partial charge in [0.1, 0.15) is 0 Å². The van der Waals surface area contributed by atoms with Crippen molar-refractivity contribution in [3.8, 4) is 0 Å². The van der Waals surface area contributed by atoms with Crippen LogP contribution in [-0.2, 0) is 4.79 Å². The number of aromatic nitrogens is 1. The van der Waals surface area contributed by atoms with Crippen LogP contribution in [0.2, 0.25) is 0 Å². The SMILES string of the molecule is CC(C)C(=O)N1CCN(c2ccncc2)CC1. The Labute approximate surface area is 102 Å². The summed E-state index contributed by atoms with van der Waals surface area (Å²) in [6, 6.07) is 4.03. The van der Waals surface area contributed by atoms with Crippen LogP contribution in [0.5, 0.6) is 0 Å². The Morgan fingerprint density at radius 3 is 2.29 bits per heavy atom. The summed E-state index contributed by atoms with van der Waals surface area (Å²) in [4.78, 5) is 20.1. The number of hydrogen-bond acceptors (Lipinski definition) is 3. The van der Waals surface area contributed by atoms with Crippen LogP contribution in [0.3, 0.4) is 0 Å². The van der Waals surface area contributed by atoms with Gasteiger partial charge in [0.2, 0.25) is 5.91 Å². The fourth-order valence-electron chi connectivity index (χ4n) is 2.11. The van der Waals surface area contributed by atoms with E-state index in [1.54, 1.807) is 12.4 Å². The van der Waals surface area contributed by atoms with E-state index < -0.39 is 0 Å². The van der Waals surface area contributed by atoms with Gasteiger partial charge in [0, 0.05) is 50.2 Å². The first kappa shape index (κ1) is 11.9. The largest absolute Gasteiger partial charge is 0.368 e. The zero-order chi connectivity index (χ0) is 12.3. The van der Waals surface area contributed by atoms with Crippen LogP contribution < -0.4 is 4.90 Å². The molecule has 92 valence electrons. The second-order valence-corrected chi connectivity index (χ2v) is 4.67. The summed E-state index contributed by atoms with van der Waals surface area (Å²) in [5.41, 5.74) is 1.19. The minimum Gasteiger partial charge on any atom is -0.368 e. The minimum atomic E-state index is 0.0995. The topological polar surface area (TPSA) is 36.4 Å². The maximum atomic E-state index is 11.8. The third-order valence-corrected chi connectivity index (χ3v) is 3.11. The first-order valence-electron chi connectivity index (χ1n) is 6.12. The molecule has 0 N–H and O–H groups in total. The molecule has 0 bridgehead atoms. The standard InChI is InChI=1S/C13H19N3O/c1-11(2)13(17)16-9-7-15(8-10-16)12-3-5-14-6-4-12/h3-6,11H,7-10H2,1-2H3. The number of pyridine rings is 1. The van der Waals surface area contributed by atoms with E-state index in [1.807, 2.05) is 30.9 Å². The summed E-state index contributed by atoms with van der Waals surface area (Å²) in [6.45, 7) is 7.36. The molecule has 0 saturated carbocycles.